The van der Waals surface area contributed by atoms with Crippen molar-refractivity contribution in [2.24, 2.45) is 0 Å². The third-order valence-electron chi connectivity index (χ3n) is 2.70. The van der Waals surface area contributed by atoms with E-state index in [2.05, 4.69) is 13.8 Å². The molecule has 0 saturated heterocycles. The van der Waals surface area contributed by atoms with E-state index in [4.69, 9.17) is 4.74 Å². The van der Waals surface area contributed by atoms with Gasteiger partial charge in [-0.3, -0.25) is 4.79 Å². The van der Waals surface area contributed by atoms with Crippen LogP contribution in [0.15, 0.2) is 0 Å². The zero-order chi connectivity index (χ0) is 11.0. The van der Waals surface area contributed by atoms with E-state index in [1.807, 2.05) is 6.92 Å². The van der Waals surface area contributed by atoms with Crippen LogP contribution in [0.3, 0.4) is 0 Å². The minimum atomic E-state index is -0.237. The predicted molar refractivity (Wildman–Crippen MR) is 59.2 cm³/mol. The number of rotatable bonds is 7. The molecule has 0 aliphatic rings. The van der Waals surface area contributed by atoms with Gasteiger partial charge in [0.05, 0.1) is 0 Å². The highest BCUT2D eigenvalue weighted by Crippen LogP contribution is 2.23. The first kappa shape index (κ1) is 13.5. The van der Waals surface area contributed by atoms with Crippen molar-refractivity contribution in [3.8, 4) is 0 Å². The van der Waals surface area contributed by atoms with Crippen molar-refractivity contribution in [3.05, 3.63) is 0 Å². The molecule has 0 N–H and O–H groups in total. The monoisotopic (exact) mass is 200 g/mol. The summed E-state index contributed by atoms with van der Waals surface area (Å²) in [5.74, 6) is -0.162. The van der Waals surface area contributed by atoms with Crippen molar-refractivity contribution < 1.29 is 9.53 Å². The minimum absolute atomic E-state index is 0.162. The third-order valence-corrected chi connectivity index (χ3v) is 2.70. The molecule has 0 radical (unpaired) electrons. The summed E-state index contributed by atoms with van der Waals surface area (Å²) >= 11 is 0. The van der Waals surface area contributed by atoms with Crippen LogP contribution in [-0.4, -0.2) is 11.6 Å². The maximum atomic E-state index is 10.9. The van der Waals surface area contributed by atoms with Crippen molar-refractivity contribution in [3.63, 3.8) is 0 Å². The van der Waals surface area contributed by atoms with Gasteiger partial charge in [0.2, 0.25) is 0 Å². The molecule has 0 bridgehead atoms. The number of hydrogen-bond acceptors (Lipinski definition) is 2. The molecule has 0 heterocycles. The SMILES string of the molecule is CCCCCC[C@@](C)(CC)OC(C)=O. The van der Waals surface area contributed by atoms with Crippen molar-refractivity contribution >= 4 is 5.97 Å². The van der Waals surface area contributed by atoms with Crippen LogP contribution in [0.4, 0.5) is 0 Å². The maximum Gasteiger partial charge on any atom is 0.303 e. The molecule has 14 heavy (non-hydrogen) atoms. The van der Waals surface area contributed by atoms with Gasteiger partial charge in [0.1, 0.15) is 5.60 Å². The van der Waals surface area contributed by atoms with E-state index in [9.17, 15) is 4.79 Å². The van der Waals surface area contributed by atoms with Gasteiger partial charge < -0.3 is 4.74 Å². The molecule has 0 saturated carbocycles. The fourth-order valence-electron chi connectivity index (χ4n) is 1.57. The molecule has 0 amide bonds. The summed E-state index contributed by atoms with van der Waals surface area (Å²) in [6, 6.07) is 0. The molecule has 1 atom stereocenters. The second kappa shape index (κ2) is 6.86. The number of esters is 1. The van der Waals surface area contributed by atoms with E-state index in [0.717, 1.165) is 19.3 Å². The molecule has 0 aromatic rings. The predicted octanol–water partition coefficient (Wildman–Crippen LogP) is 3.69. The molecule has 0 aromatic carbocycles. The van der Waals surface area contributed by atoms with Gasteiger partial charge >= 0.3 is 5.97 Å². The number of unbranched alkanes of at least 4 members (excludes halogenated alkanes) is 3. The Morgan fingerprint density at radius 2 is 1.86 bits per heavy atom. The van der Waals surface area contributed by atoms with E-state index in [1.54, 1.807) is 0 Å². The standard InChI is InChI=1S/C12H24O2/c1-5-7-8-9-10-12(4,6-2)14-11(3)13/h5-10H2,1-4H3/t12-/m1/s1. The summed E-state index contributed by atoms with van der Waals surface area (Å²) in [7, 11) is 0. The second-order valence-electron chi connectivity index (χ2n) is 4.21. The van der Waals surface area contributed by atoms with E-state index < -0.39 is 0 Å². The Balaban J connectivity index is 3.80. The van der Waals surface area contributed by atoms with Crippen LogP contribution in [0.5, 0.6) is 0 Å². The molecule has 84 valence electrons. The fourth-order valence-corrected chi connectivity index (χ4v) is 1.57. The summed E-state index contributed by atoms with van der Waals surface area (Å²) in [6.07, 6.45) is 6.82. The Morgan fingerprint density at radius 1 is 1.21 bits per heavy atom. The lowest BCUT2D eigenvalue weighted by Crippen LogP contribution is -2.29. The Hall–Kier alpha value is -0.530. The summed E-state index contributed by atoms with van der Waals surface area (Å²) in [6.45, 7) is 7.79. The van der Waals surface area contributed by atoms with Crippen molar-refractivity contribution in [1.82, 2.24) is 0 Å². The number of hydrogen-bond donors (Lipinski definition) is 0. The molecule has 0 aromatic heterocycles. The molecular formula is C12H24O2. The zero-order valence-corrected chi connectivity index (χ0v) is 10.1. The summed E-state index contributed by atoms with van der Waals surface area (Å²) in [5.41, 5.74) is -0.237. The van der Waals surface area contributed by atoms with Crippen LogP contribution in [0, 0.1) is 0 Å². The summed E-state index contributed by atoms with van der Waals surface area (Å²) < 4.78 is 5.33. The first-order valence-corrected chi connectivity index (χ1v) is 5.73. The third kappa shape index (κ3) is 6.01. The van der Waals surface area contributed by atoms with Crippen LogP contribution in [0.25, 0.3) is 0 Å². The Bertz CT molecular complexity index is 166. The molecule has 0 fully saturated rings. The summed E-state index contributed by atoms with van der Waals surface area (Å²) in [4.78, 5) is 10.9. The molecule has 0 unspecified atom stereocenters. The highest BCUT2D eigenvalue weighted by molar-refractivity contribution is 5.66. The lowest BCUT2D eigenvalue weighted by atomic mass is 9.95. The molecule has 0 aliphatic heterocycles. The van der Waals surface area contributed by atoms with E-state index in [0.29, 0.717) is 0 Å². The molecule has 0 rings (SSSR count). The molecular weight excluding hydrogens is 176 g/mol. The van der Waals surface area contributed by atoms with Gasteiger partial charge in [0, 0.05) is 6.92 Å². The lowest BCUT2D eigenvalue weighted by Gasteiger charge is -2.27. The number of carbonyl (C=O) groups is 1. The van der Waals surface area contributed by atoms with Crippen LogP contribution >= 0.6 is 0 Å². The molecule has 2 heteroatoms. The Morgan fingerprint density at radius 3 is 2.29 bits per heavy atom. The van der Waals surface area contributed by atoms with Crippen LogP contribution in [0.1, 0.15) is 66.2 Å². The van der Waals surface area contributed by atoms with Crippen molar-refractivity contribution in [1.29, 1.82) is 0 Å². The van der Waals surface area contributed by atoms with E-state index in [-0.39, 0.29) is 11.6 Å². The first-order valence-electron chi connectivity index (χ1n) is 5.73. The van der Waals surface area contributed by atoms with Gasteiger partial charge in [0.15, 0.2) is 0 Å². The lowest BCUT2D eigenvalue weighted by molar-refractivity contribution is -0.156. The zero-order valence-electron chi connectivity index (χ0n) is 10.1. The fraction of sp³-hybridized carbons (Fsp3) is 0.917. The quantitative estimate of drug-likeness (QED) is 0.463. The number of ether oxygens (including phenoxy) is 1. The molecule has 2 nitrogen and oxygen atoms in total. The van der Waals surface area contributed by atoms with Crippen LogP contribution in [-0.2, 0) is 9.53 Å². The van der Waals surface area contributed by atoms with Gasteiger partial charge in [-0.05, 0) is 26.2 Å². The molecule has 0 spiro atoms. The maximum absolute atomic E-state index is 10.9. The van der Waals surface area contributed by atoms with E-state index in [1.165, 1.54) is 26.2 Å². The molecule has 0 aliphatic carbocycles. The average molecular weight is 200 g/mol. The van der Waals surface area contributed by atoms with Crippen LogP contribution < -0.4 is 0 Å². The first-order chi connectivity index (χ1) is 6.54. The van der Waals surface area contributed by atoms with Crippen LogP contribution in [0.2, 0.25) is 0 Å². The Kier molecular flexibility index (Phi) is 6.60. The van der Waals surface area contributed by atoms with E-state index >= 15 is 0 Å². The minimum Gasteiger partial charge on any atom is -0.460 e. The van der Waals surface area contributed by atoms with Gasteiger partial charge in [0.25, 0.3) is 0 Å². The van der Waals surface area contributed by atoms with Gasteiger partial charge in [-0.1, -0.05) is 33.1 Å². The van der Waals surface area contributed by atoms with Gasteiger partial charge in [-0.15, -0.1) is 0 Å². The average Bonchev–Trinajstić information content (AvgIpc) is 2.11. The highest BCUT2D eigenvalue weighted by atomic mass is 16.6. The Labute approximate surface area is 88.0 Å². The largest absolute Gasteiger partial charge is 0.460 e. The highest BCUT2D eigenvalue weighted by Gasteiger charge is 2.24. The second-order valence-corrected chi connectivity index (χ2v) is 4.21. The smallest absolute Gasteiger partial charge is 0.303 e. The summed E-state index contributed by atoms with van der Waals surface area (Å²) in [5, 5.41) is 0. The van der Waals surface area contributed by atoms with Gasteiger partial charge in [-0.2, -0.15) is 0 Å². The van der Waals surface area contributed by atoms with Crippen molar-refractivity contribution in [2.75, 3.05) is 0 Å². The normalized spacial score (nSPS) is 14.9. The number of carbonyl (C=O) groups excluding carboxylic acids is 1. The topological polar surface area (TPSA) is 26.3 Å². The van der Waals surface area contributed by atoms with Gasteiger partial charge in [-0.25, -0.2) is 0 Å². The van der Waals surface area contributed by atoms with Crippen molar-refractivity contribution in [2.45, 2.75) is 71.8 Å².